The van der Waals surface area contributed by atoms with Gasteiger partial charge in [0.1, 0.15) is 0 Å². The second kappa shape index (κ2) is 6.38. The average molecular weight is 390 g/mol. The molecule has 24 heavy (non-hydrogen) atoms. The minimum atomic E-state index is -7.65. The lowest BCUT2D eigenvalue weighted by atomic mass is 9.94. The molecule has 0 amide bonds. The van der Waals surface area contributed by atoms with Gasteiger partial charge in [-0.25, -0.2) is 13.6 Å². The molecule has 0 aliphatic carbocycles. The molecule has 0 heterocycles. The van der Waals surface area contributed by atoms with Crippen LogP contribution in [0.25, 0.3) is 0 Å². The largest absolute Gasteiger partial charge is 0.508 e. The van der Waals surface area contributed by atoms with Gasteiger partial charge in [0.05, 0.1) is 7.11 Å². The van der Waals surface area contributed by atoms with E-state index in [2.05, 4.69) is 9.47 Å². The smallest absolute Gasteiger partial charge is 0.438 e. The van der Waals surface area contributed by atoms with Gasteiger partial charge in [0.25, 0.3) is 0 Å². The van der Waals surface area contributed by atoms with Crippen LogP contribution in [0.3, 0.4) is 0 Å². The normalized spacial score (nSPS) is 14.8. The Bertz CT molecular complexity index is 461. The molecular formula is C9H6F12O3. The van der Waals surface area contributed by atoms with Gasteiger partial charge in [-0.05, 0) is 0 Å². The first-order valence-electron chi connectivity index (χ1n) is 5.28. The van der Waals surface area contributed by atoms with Crippen LogP contribution < -0.4 is 0 Å². The standard InChI is InChI=1S/C9H6F12O3/c1-23-4(22)24-2-5(12,13)7(16,17)9(20,21)8(18,19)6(14,15)3(10)11/h3H,2H2,1H3. The van der Waals surface area contributed by atoms with Gasteiger partial charge < -0.3 is 9.47 Å². The number of methoxy groups -OCH3 is 1. The molecule has 0 saturated heterocycles. The molecule has 0 aromatic rings. The van der Waals surface area contributed by atoms with Crippen molar-refractivity contribution >= 4 is 6.16 Å². The van der Waals surface area contributed by atoms with Crippen LogP contribution >= 0.6 is 0 Å². The van der Waals surface area contributed by atoms with Gasteiger partial charge in [0.15, 0.2) is 6.61 Å². The van der Waals surface area contributed by atoms with E-state index in [1.54, 1.807) is 0 Å². The lowest BCUT2D eigenvalue weighted by Crippen LogP contribution is -2.69. The Balaban J connectivity index is 5.84. The zero-order valence-electron chi connectivity index (χ0n) is 11.0. The SMILES string of the molecule is COC(=O)OCC(F)(F)C(F)(F)C(F)(F)C(F)(F)C(F)(F)C(F)F. The third-order valence-corrected chi connectivity index (χ3v) is 2.48. The van der Waals surface area contributed by atoms with Crippen molar-refractivity contribution in [1.29, 1.82) is 0 Å². The maximum Gasteiger partial charge on any atom is 0.508 e. The summed E-state index contributed by atoms with van der Waals surface area (Å²) in [6.07, 6.45) is -7.70. The zero-order chi connectivity index (χ0) is 19.8. The van der Waals surface area contributed by atoms with Crippen LogP contribution in [0.15, 0.2) is 0 Å². The quantitative estimate of drug-likeness (QED) is 0.483. The first-order chi connectivity index (χ1) is 10.4. The lowest BCUT2D eigenvalue weighted by Gasteiger charge is -2.38. The minimum absolute atomic E-state index is 0.463. The Kier molecular flexibility index (Phi) is 5.97. The number of carbonyl (C=O) groups excluding carboxylic acids is 1. The van der Waals surface area contributed by atoms with Crippen molar-refractivity contribution in [2.75, 3.05) is 13.7 Å². The Morgan fingerprint density at radius 2 is 1.25 bits per heavy atom. The molecule has 0 aliphatic heterocycles. The summed E-state index contributed by atoms with van der Waals surface area (Å²) in [4.78, 5) is 10.3. The van der Waals surface area contributed by atoms with Crippen molar-refractivity contribution in [2.45, 2.75) is 36.0 Å². The summed E-state index contributed by atoms with van der Waals surface area (Å²) in [6, 6.07) is 0. The molecule has 0 aliphatic rings. The minimum Gasteiger partial charge on any atom is -0.438 e. The zero-order valence-corrected chi connectivity index (χ0v) is 11.0. The average Bonchev–Trinajstić information content (AvgIpc) is 2.43. The number of hydrogen-bond donors (Lipinski definition) is 0. The van der Waals surface area contributed by atoms with Gasteiger partial charge in [-0.1, -0.05) is 0 Å². The monoisotopic (exact) mass is 390 g/mol. The van der Waals surface area contributed by atoms with Gasteiger partial charge in [0.2, 0.25) is 0 Å². The highest BCUT2D eigenvalue weighted by molar-refractivity contribution is 5.59. The summed E-state index contributed by atoms with van der Waals surface area (Å²) in [7, 11) is 0.463. The maximum absolute atomic E-state index is 13.0. The molecule has 0 bridgehead atoms. The number of halogens is 12. The predicted molar refractivity (Wildman–Crippen MR) is 49.1 cm³/mol. The van der Waals surface area contributed by atoms with E-state index < -0.39 is 48.8 Å². The summed E-state index contributed by atoms with van der Waals surface area (Å²) < 4.78 is 159. The van der Waals surface area contributed by atoms with Gasteiger partial charge in [-0.15, -0.1) is 0 Å². The topological polar surface area (TPSA) is 35.5 Å². The van der Waals surface area contributed by atoms with Crippen molar-refractivity contribution in [3.8, 4) is 0 Å². The molecule has 0 saturated carbocycles. The molecule has 0 aromatic carbocycles. The van der Waals surface area contributed by atoms with Crippen LogP contribution in [0.4, 0.5) is 57.5 Å². The Hall–Kier alpha value is -1.57. The van der Waals surface area contributed by atoms with Gasteiger partial charge in [0, 0.05) is 0 Å². The molecule has 0 radical (unpaired) electrons. The molecule has 15 heteroatoms. The third-order valence-electron chi connectivity index (χ3n) is 2.48. The number of ether oxygens (including phenoxy) is 2. The number of carbonyl (C=O) groups is 1. The van der Waals surface area contributed by atoms with Crippen molar-refractivity contribution in [3.05, 3.63) is 0 Å². The molecule has 0 rings (SSSR count). The summed E-state index contributed by atoms with van der Waals surface area (Å²) in [6.45, 7) is -2.99. The molecule has 0 atom stereocenters. The first kappa shape index (κ1) is 22.4. The van der Waals surface area contributed by atoms with Crippen LogP contribution in [0.2, 0.25) is 0 Å². The summed E-state index contributed by atoms with van der Waals surface area (Å²) >= 11 is 0. The van der Waals surface area contributed by atoms with E-state index >= 15 is 0 Å². The highest BCUT2D eigenvalue weighted by Gasteiger charge is 2.87. The van der Waals surface area contributed by atoms with Crippen LogP contribution in [-0.2, 0) is 9.47 Å². The van der Waals surface area contributed by atoms with E-state index in [0.717, 1.165) is 0 Å². The van der Waals surface area contributed by atoms with E-state index in [1.807, 2.05) is 0 Å². The number of hydrogen-bond acceptors (Lipinski definition) is 3. The third kappa shape index (κ3) is 3.29. The van der Waals surface area contributed by atoms with E-state index in [-0.39, 0.29) is 0 Å². The summed E-state index contributed by atoms with van der Waals surface area (Å²) in [5, 5.41) is 0. The van der Waals surface area contributed by atoms with Crippen molar-refractivity contribution in [2.24, 2.45) is 0 Å². The van der Waals surface area contributed by atoms with Crippen LogP contribution in [0.5, 0.6) is 0 Å². The highest BCUT2D eigenvalue weighted by Crippen LogP contribution is 2.58. The molecule has 144 valence electrons. The summed E-state index contributed by atoms with van der Waals surface area (Å²) in [5.74, 6) is -35.9. The maximum atomic E-state index is 13.0. The molecule has 3 nitrogen and oxygen atoms in total. The lowest BCUT2D eigenvalue weighted by molar-refractivity contribution is -0.414. The molecule has 0 aromatic heterocycles. The Labute approximate surface area is 124 Å². The van der Waals surface area contributed by atoms with Crippen molar-refractivity contribution < 1.29 is 67.0 Å². The molecule has 0 spiro atoms. The van der Waals surface area contributed by atoms with Crippen LogP contribution in [0, 0.1) is 0 Å². The van der Waals surface area contributed by atoms with Gasteiger partial charge >= 0.3 is 42.2 Å². The van der Waals surface area contributed by atoms with E-state index in [1.165, 1.54) is 0 Å². The van der Waals surface area contributed by atoms with E-state index in [0.29, 0.717) is 7.11 Å². The predicted octanol–water partition coefficient (Wildman–Crippen LogP) is 4.21. The van der Waals surface area contributed by atoms with Crippen molar-refractivity contribution in [1.82, 2.24) is 0 Å². The van der Waals surface area contributed by atoms with Gasteiger partial charge in [-0.3, -0.25) is 0 Å². The van der Waals surface area contributed by atoms with Crippen molar-refractivity contribution in [3.63, 3.8) is 0 Å². The first-order valence-corrected chi connectivity index (χ1v) is 5.28. The fourth-order valence-corrected chi connectivity index (χ4v) is 1.07. The molecule has 0 unspecified atom stereocenters. The Morgan fingerprint density at radius 1 is 0.833 bits per heavy atom. The second-order valence-corrected chi connectivity index (χ2v) is 4.09. The number of rotatable bonds is 7. The fourth-order valence-electron chi connectivity index (χ4n) is 1.07. The Morgan fingerprint density at radius 3 is 1.58 bits per heavy atom. The highest BCUT2D eigenvalue weighted by atomic mass is 19.4. The molecule has 0 N–H and O–H groups in total. The van der Waals surface area contributed by atoms with Crippen LogP contribution in [0.1, 0.15) is 0 Å². The molecule has 0 fully saturated rings. The van der Waals surface area contributed by atoms with Gasteiger partial charge in [-0.2, -0.15) is 43.9 Å². The number of alkyl halides is 12. The second-order valence-electron chi connectivity index (χ2n) is 4.09. The van der Waals surface area contributed by atoms with E-state index in [4.69, 9.17) is 0 Å². The molecular weight excluding hydrogens is 384 g/mol. The fraction of sp³-hybridized carbons (Fsp3) is 0.889. The van der Waals surface area contributed by atoms with Crippen LogP contribution in [-0.4, -0.2) is 55.9 Å². The van der Waals surface area contributed by atoms with E-state index in [9.17, 15) is 57.5 Å². The summed E-state index contributed by atoms with van der Waals surface area (Å²) in [5.41, 5.74) is 0.